The lowest BCUT2D eigenvalue weighted by Crippen LogP contribution is -2.45. The van der Waals surface area contributed by atoms with E-state index in [1.165, 1.54) is 6.07 Å². The molecule has 0 amide bonds. The summed E-state index contributed by atoms with van der Waals surface area (Å²) in [6.07, 6.45) is 0. The Morgan fingerprint density at radius 1 is 1.00 bits per heavy atom. The maximum Gasteiger partial charge on any atom is 0.292 e. The van der Waals surface area contributed by atoms with Crippen LogP contribution >= 0.6 is 48.8 Å². The number of nitrogen functional groups attached to an aromatic ring is 1. The number of halogens is 3. The van der Waals surface area contributed by atoms with Gasteiger partial charge < -0.3 is 16.1 Å². The molecular formula is C10H10Br3N3O2. The summed E-state index contributed by atoms with van der Waals surface area (Å²) in [5.74, 6) is 0. The molecule has 8 heteroatoms. The van der Waals surface area contributed by atoms with Crippen LogP contribution < -0.4 is 15.2 Å². The second kappa shape index (κ2) is 6.03. The third kappa shape index (κ3) is 2.41. The zero-order chi connectivity index (χ0) is 12.6. The molecule has 2 N–H and O–H groups in total. The van der Waals surface area contributed by atoms with E-state index in [0.717, 1.165) is 9.46 Å². The lowest BCUT2D eigenvalue weighted by atomic mass is 10.2. The highest BCUT2D eigenvalue weighted by atomic mass is 79.9. The molecule has 0 aliphatic heterocycles. The van der Waals surface area contributed by atoms with Crippen molar-refractivity contribution in [3.05, 3.63) is 40.0 Å². The average molecular weight is 444 g/mol. The van der Waals surface area contributed by atoms with E-state index in [1.807, 2.05) is 0 Å². The molecule has 0 radical (unpaired) electrons. The molecule has 2 aromatic rings. The Morgan fingerprint density at radius 2 is 1.50 bits per heavy atom. The molecule has 1 heterocycles. The van der Waals surface area contributed by atoms with E-state index in [0.29, 0.717) is 33.3 Å². The zero-order valence-corrected chi connectivity index (χ0v) is 14.0. The molecule has 0 fully saturated rings. The summed E-state index contributed by atoms with van der Waals surface area (Å²) in [6.45, 7) is 0. The van der Waals surface area contributed by atoms with Crippen molar-refractivity contribution in [2.24, 2.45) is 0 Å². The first-order valence-electron chi connectivity index (χ1n) is 4.78. The van der Waals surface area contributed by atoms with Crippen LogP contribution in [0.4, 0.5) is 5.69 Å². The van der Waals surface area contributed by atoms with Crippen LogP contribution in [0.25, 0.3) is 11.0 Å². The van der Waals surface area contributed by atoms with Crippen LogP contribution in [0.1, 0.15) is 11.4 Å². The van der Waals surface area contributed by atoms with Gasteiger partial charge in [-0.25, -0.2) is 0 Å². The number of hydrogen-bond donors (Lipinski definition) is 1. The lowest BCUT2D eigenvalue weighted by molar-refractivity contribution is -0.638. The summed E-state index contributed by atoms with van der Waals surface area (Å²) in [5, 5.41) is 24.8. The number of alkyl halides is 2. The zero-order valence-electron chi connectivity index (χ0n) is 9.10. The minimum absolute atomic E-state index is 0. The molecule has 2 rings (SSSR count). The number of aromatic nitrogens is 2. The molecule has 1 aromatic carbocycles. The molecule has 0 spiro atoms. The molecule has 0 aliphatic carbocycles. The normalized spacial score (nSPS) is 10.3. The van der Waals surface area contributed by atoms with E-state index in [4.69, 9.17) is 5.73 Å². The molecule has 0 atom stereocenters. The van der Waals surface area contributed by atoms with Gasteiger partial charge in [0.1, 0.15) is 0 Å². The fourth-order valence-electron chi connectivity index (χ4n) is 1.66. The first-order valence-corrected chi connectivity index (χ1v) is 7.02. The maximum atomic E-state index is 12.1. The van der Waals surface area contributed by atoms with Crippen LogP contribution in [0.5, 0.6) is 0 Å². The smallest absolute Gasteiger partial charge is 0.292 e. The summed E-state index contributed by atoms with van der Waals surface area (Å²) in [4.78, 5) is 0. The van der Waals surface area contributed by atoms with Crippen LogP contribution in [0.15, 0.2) is 18.2 Å². The predicted octanol–water partition coefficient (Wildman–Crippen LogP) is 2.06. The molecule has 98 valence electrons. The van der Waals surface area contributed by atoms with Gasteiger partial charge in [-0.2, -0.15) is 9.46 Å². The second-order valence-corrected chi connectivity index (χ2v) is 4.62. The second-order valence-electron chi connectivity index (χ2n) is 3.50. The maximum absolute atomic E-state index is 12.1. The fraction of sp³-hybridized carbons (Fsp3) is 0.200. The molecule has 5 nitrogen and oxygen atoms in total. The quantitative estimate of drug-likeness (QED) is 0.334. The number of fused-ring (bicyclic) bond motifs is 1. The monoisotopic (exact) mass is 441 g/mol. The van der Waals surface area contributed by atoms with Crippen molar-refractivity contribution in [3.63, 3.8) is 0 Å². The van der Waals surface area contributed by atoms with Crippen molar-refractivity contribution in [2.45, 2.75) is 10.7 Å². The molecular weight excluding hydrogens is 434 g/mol. The van der Waals surface area contributed by atoms with E-state index in [1.54, 1.807) is 12.1 Å². The van der Waals surface area contributed by atoms with Gasteiger partial charge in [0.15, 0.2) is 0 Å². The summed E-state index contributed by atoms with van der Waals surface area (Å²) in [5.41, 5.74) is 7.45. The van der Waals surface area contributed by atoms with Gasteiger partial charge in [-0.15, -0.1) is 17.0 Å². The number of rotatable bonds is 2. The highest BCUT2D eigenvalue weighted by Crippen LogP contribution is 2.16. The van der Waals surface area contributed by atoms with E-state index in [-0.39, 0.29) is 22.5 Å². The Bertz CT molecular complexity index is 592. The Morgan fingerprint density at radius 3 is 2.00 bits per heavy atom. The third-order valence-electron chi connectivity index (χ3n) is 2.51. The highest BCUT2D eigenvalue weighted by Gasteiger charge is 2.26. The summed E-state index contributed by atoms with van der Waals surface area (Å²) in [6, 6.07) is 4.65. The predicted molar refractivity (Wildman–Crippen MR) is 81.9 cm³/mol. The summed E-state index contributed by atoms with van der Waals surface area (Å²) < 4.78 is 1.50. The van der Waals surface area contributed by atoms with Crippen LogP contribution in [0.3, 0.4) is 0 Å². The molecule has 18 heavy (non-hydrogen) atoms. The van der Waals surface area contributed by atoms with E-state index >= 15 is 0 Å². The third-order valence-corrected chi connectivity index (χ3v) is 3.58. The van der Waals surface area contributed by atoms with Crippen molar-refractivity contribution in [1.82, 2.24) is 0 Å². The Labute approximate surface area is 131 Å². The van der Waals surface area contributed by atoms with Gasteiger partial charge in [0.05, 0.1) is 10.7 Å². The van der Waals surface area contributed by atoms with Gasteiger partial charge in [0.2, 0.25) is 0 Å². The van der Waals surface area contributed by atoms with Gasteiger partial charge in [0.25, 0.3) is 22.4 Å². The molecule has 0 bridgehead atoms. The van der Waals surface area contributed by atoms with Crippen molar-refractivity contribution in [3.8, 4) is 0 Å². The SMILES string of the molecule is Br.Nc1ccc2c(c1)[n+]([O-])c(CBr)c(CBr)[n+]2[O-]. The highest BCUT2D eigenvalue weighted by molar-refractivity contribution is 9.09. The number of anilines is 1. The van der Waals surface area contributed by atoms with Gasteiger partial charge in [-0.05, 0) is 6.07 Å². The number of benzene rings is 1. The largest absolute Gasteiger partial charge is 0.618 e. The average Bonchev–Trinajstić information content (AvgIpc) is 2.33. The Kier molecular flexibility index (Phi) is 5.18. The van der Waals surface area contributed by atoms with Crippen LogP contribution in [-0.4, -0.2) is 0 Å². The standard InChI is InChI=1S/C10H9Br2N3O2.BrH/c11-4-9-10(5-12)15(17)8-3-6(13)1-2-7(8)14(9)16;/h1-3H,4-5,13H2;1H. The van der Waals surface area contributed by atoms with Gasteiger partial charge in [-0.3, -0.25) is 0 Å². The van der Waals surface area contributed by atoms with E-state index in [2.05, 4.69) is 31.9 Å². The topological polar surface area (TPSA) is 79.9 Å². The summed E-state index contributed by atoms with van der Waals surface area (Å²) in [7, 11) is 0. The molecule has 0 saturated heterocycles. The number of nitrogens with zero attached hydrogens (tertiary/aromatic N) is 2. The van der Waals surface area contributed by atoms with E-state index in [9.17, 15) is 10.4 Å². The molecule has 0 aliphatic rings. The van der Waals surface area contributed by atoms with Crippen LogP contribution in [-0.2, 0) is 10.7 Å². The van der Waals surface area contributed by atoms with Crippen molar-refractivity contribution in [2.75, 3.05) is 5.73 Å². The van der Waals surface area contributed by atoms with Gasteiger partial charge in [0, 0.05) is 17.8 Å². The minimum Gasteiger partial charge on any atom is -0.618 e. The van der Waals surface area contributed by atoms with E-state index < -0.39 is 0 Å². The van der Waals surface area contributed by atoms with Crippen molar-refractivity contribution < 1.29 is 9.46 Å². The molecule has 0 saturated carbocycles. The van der Waals surface area contributed by atoms with Gasteiger partial charge in [-0.1, -0.05) is 31.9 Å². The lowest BCUT2D eigenvalue weighted by Gasteiger charge is -2.10. The van der Waals surface area contributed by atoms with Crippen molar-refractivity contribution >= 4 is 65.6 Å². The van der Waals surface area contributed by atoms with Crippen molar-refractivity contribution in [1.29, 1.82) is 0 Å². The first kappa shape index (κ1) is 15.5. The Balaban J connectivity index is 0.00000162. The Hall–Kier alpha value is -0.600. The summed E-state index contributed by atoms with van der Waals surface area (Å²) >= 11 is 6.43. The molecule has 1 aromatic heterocycles. The fourth-order valence-corrected chi connectivity index (χ4v) is 2.77. The first-order chi connectivity index (χ1) is 8.10. The van der Waals surface area contributed by atoms with Crippen LogP contribution in [0, 0.1) is 10.4 Å². The van der Waals surface area contributed by atoms with Gasteiger partial charge >= 0.3 is 0 Å². The van der Waals surface area contributed by atoms with Crippen LogP contribution in [0.2, 0.25) is 0 Å². The minimum atomic E-state index is 0. The number of hydrogen-bond acceptors (Lipinski definition) is 3. The number of nitrogens with two attached hydrogens (primary N) is 1. The molecule has 0 unspecified atom stereocenters.